The fourth-order valence-electron chi connectivity index (χ4n) is 1.89. The van der Waals surface area contributed by atoms with Crippen LogP contribution in [0.1, 0.15) is 35.7 Å². The molecular formula is C13H18ClN3S. The summed E-state index contributed by atoms with van der Waals surface area (Å²) in [5.74, 6) is 1.01. The molecule has 0 bridgehead atoms. The number of halogens is 1. The number of rotatable bonds is 5. The number of hydrogen-bond acceptors (Lipinski definition) is 3. The lowest BCUT2D eigenvalue weighted by atomic mass is 10.2. The highest BCUT2D eigenvalue weighted by Gasteiger charge is 2.22. The molecule has 0 spiro atoms. The molecule has 1 unspecified atom stereocenters. The van der Waals surface area contributed by atoms with Gasteiger partial charge in [0.05, 0.1) is 5.02 Å². The molecule has 18 heavy (non-hydrogen) atoms. The average Bonchev–Trinajstić information content (AvgIpc) is 2.91. The minimum Gasteiger partial charge on any atom is -0.336 e. The van der Waals surface area contributed by atoms with Crippen LogP contribution in [0.4, 0.5) is 0 Å². The summed E-state index contributed by atoms with van der Waals surface area (Å²) < 4.78 is 2.04. The van der Waals surface area contributed by atoms with Gasteiger partial charge in [0, 0.05) is 24.3 Å². The minimum absolute atomic E-state index is 0.0798. The van der Waals surface area contributed by atoms with E-state index in [0.29, 0.717) is 0 Å². The van der Waals surface area contributed by atoms with Crippen molar-refractivity contribution in [3.05, 3.63) is 39.1 Å². The second kappa shape index (κ2) is 5.87. The van der Waals surface area contributed by atoms with Crippen LogP contribution in [-0.4, -0.2) is 16.1 Å². The van der Waals surface area contributed by atoms with Gasteiger partial charge in [0.15, 0.2) is 0 Å². The van der Waals surface area contributed by atoms with Crippen molar-refractivity contribution >= 4 is 22.9 Å². The molecule has 0 saturated carbocycles. The van der Waals surface area contributed by atoms with Crippen LogP contribution in [0.2, 0.25) is 5.02 Å². The van der Waals surface area contributed by atoms with E-state index in [4.69, 9.17) is 11.6 Å². The summed E-state index contributed by atoms with van der Waals surface area (Å²) in [5, 5.41) is 6.48. The average molecular weight is 284 g/mol. The van der Waals surface area contributed by atoms with Crippen molar-refractivity contribution in [1.82, 2.24) is 14.9 Å². The lowest BCUT2D eigenvalue weighted by Gasteiger charge is -2.17. The summed E-state index contributed by atoms with van der Waals surface area (Å²) in [6.45, 7) is 5.15. The van der Waals surface area contributed by atoms with E-state index in [1.807, 2.05) is 30.9 Å². The Morgan fingerprint density at radius 1 is 1.56 bits per heavy atom. The van der Waals surface area contributed by atoms with Gasteiger partial charge in [0.1, 0.15) is 11.9 Å². The standard InChI is InChI=1S/C13H18ClN3S/c1-4-5-15-11(13-16-6-7-17(13)3)12-10(14)9(2)8-18-12/h6-8,11,15H,4-5H2,1-3H3. The zero-order valence-electron chi connectivity index (χ0n) is 10.9. The molecule has 2 rings (SSSR count). The first-order chi connectivity index (χ1) is 8.65. The van der Waals surface area contributed by atoms with Gasteiger partial charge in [-0.05, 0) is 30.8 Å². The van der Waals surface area contributed by atoms with Crippen LogP contribution in [0.25, 0.3) is 0 Å². The molecule has 1 N–H and O–H groups in total. The zero-order valence-corrected chi connectivity index (χ0v) is 12.5. The van der Waals surface area contributed by atoms with Crippen molar-refractivity contribution in [1.29, 1.82) is 0 Å². The summed E-state index contributed by atoms with van der Waals surface area (Å²) >= 11 is 8.08. The smallest absolute Gasteiger partial charge is 0.131 e. The highest BCUT2D eigenvalue weighted by molar-refractivity contribution is 7.10. The number of nitrogens with one attached hydrogen (secondary N) is 1. The predicted octanol–water partition coefficient (Wildman–Crippen LogP) is 3.53. The van der Waals surface area contributed by atoms with Gasteiger partial charge in [0.2, 0.25) is 0 Å². The molecule has 3 nitrogen and oxygen atoms in total. The van der Waals surface area contributed by atoms with Gasteiger partial charge < -0.3 is 9.88 Å². The van der Waals surface area contributed by atoms with E-state index < -0.39 is 0 Å². The van der Waals surface area contributed by atoms with Crippen LogP contribution in [0.3, 0.4) is 0 Å². The first-order valence-electron chi connectivity index (χ1n) is 6.09. The lowest BCUT2D eigenvalue weighted by molar-refractivity contribution is 0.562. The molecule has 0 aliphatic heterocycles. The quantitative estimate of drug-likeness (QED) is 0.910. The Hall–Kier alpha value is -0.840. The monoisotopic (exact) mass is 283 g/mol. The maximum Gasteiger partial charge on any atom is 0.131 e. The molecule has 5 heteroatoms. The summed E-state index contributed by atoms with van der Waals surface area (Å²) in [6.07, 6.45) is 4.87. The molecule has 0 aliphatic carbocycles. The second-order valence-electron chi connectivity index (χ2n) is 4.38. The third-order valence-corrected chi connectivity index (χ3v) is 4.68. The van der Waals surface area contributed by atoms with Gasteiger partial charge in [-0.3, -0.25) is 0 Å². The van der Waals surface area contributed by atoms with Gasteiger partial charge in [0.25, 0.3) is 0 Å². The van der Waals surface area contributed by atoms with Crippen LogP contribution in [-0.2, 0) is 7.05 Å². The van der Waals surface area contributed by atoms with E-state index in [-0.39, 0.29) is 6.04 Å². The summed E-state index contributed by atoms with van der Waals surface area (Å²) in [5.41, 5.74) is 1.13. The number of nitrogens with zero attached hydrogens (tertiary/aromatic N) is 2. The van der Waals surface area contributed by atoms with Crippen LogP contribution in [0.15, 0.2) is 17.8 Å². The molecule has 0 aromatic carbocycles. The molecule has 0 aliphatic rings. The van der Waals surface area contributed by atoms with Crippen LogP contribution in [0.5, 0.6) is 0 Å². The summed E-state index contributed by atoms with van der Waals surface area (Å²) in [7, 11) is 2.01. The SMILES string of the molecule is CCCNC(c1scc(C)c1Cl)c1nccn1C. The third kappa shape index (κ3) is 2.60. The van der Waals surface area contributed by atoms with Crippen molar-refractivity contribution < 1.29 is 0 Å². The number of thiophene rings is 1. The van der Waals surface area contributed by atoms with Gasteiger partial charge in [-0.15, -0.1) is 11.3 Å². The van der Waals surface area contributed by atoms with E-state index in [2.05, 4.69) is 22.6 Å². The molecular weight excluding hydrogens is 266 g/mol. The van der Waals surface area contributed by atoms with E-state index in [1.165, 1.54) is 0 Å². The van der Waals surface area contributed by atoms with Gasteiger partial charge in [-0.1, -0.05) is 18.5 Å². The Labute approximate surface area is 117 Å². The summed E-state index contributed by atoms with van der Waals surface area (Å²) in [6, 6.07) is 0.0798. The zero-order chi connectivity index (χ0) is 13.1. The molecule has 2 aromatic rings. The van der Waals surface area contributed by atoms with E-state index in [1.54, 1.807) is 11.3 Å². The molecule has 0 saturated heterocycles. The highest BCUT2D eigenvalue weighted by atomic mass is 35.5. The highest BCUT2D eigenvalue weighted by Crippen LogP contribution is 2.35. The topological polar surface area (TPSA) is 29.9 Å². The maximum atomic E-state index is 6.39. The first-order valence-corrected chi connectivity index (χ1v) is 7.35. The van der Waals surface area contributed by atoms with Crippen LogP contribution in [0, 0.1) is 6.92 Å². The van der Waals surface area contributed by atoms with Crippen LogP contribution >= 0.6 is 22.9 Å². The van der Waals surface area contributed by atoms with Crippen molar-refractivity contribution in [2.24, 2.45) is 7.05 Å². The van der Waals surface area contributed by atoms with Gasteiger partial charge >= 0.3 is 0 Å². The van der Waals surface area contributed by atoms with Gasteiger partial charge in [-0.2, -0.15) is 0 Å². The van der Waals surface area contributed by atoms with Gasteiger partial charge in [-0.25, -0.2) is 4.98 Å². The molecule has 0 amide bonds. The van der Waals surface area contributed by atoms with Crippen molar-refractivity contribution in [2.45, 2.75) is 26.3 Å². The molecule has 2 aromatic heterocycles. The van der Waals surface area contributed by atoms with Crippen LogP contribution < -0.4 is 5.32 Å². The second-order valence-corrected chi connectivity index (χ2v) is 5.67. The summed E-state index contributed by atoms with van der Waals surface area (Å²) in [4.78, 5) is 5.59. The Bertz CT molecular complexity index is 518. The minimum atomic E-state index is 0.0798. The largest absolute Gasteiger partial charge is 0.336 e. The van der Waals surface area contributed by atoms with E-state index in [0.717, 1.165) is 34.3 Å². The number of imidazole rings is 1. The predicted molar refractivity (Wildman–Crippen MR) is 77.4 cm³/mol. The number of aryl methyl sites for hydroxylation is 2. The molecule has 0 radical (unpaired) electrons. The molecule has 98 valence electrons. The third-order valence-electron chi connectivity index (χ3n) is 2.90. The lowest BCUT2D eigenvalue weighted by Crippen LogP contribution is -2.25. The molecule has 2 heterocycles. The van der Waals surface area contributed by atoms with E-state index in [9.17, 15) is 0 Å². The Kier molecular flexibility index (Phi) is 4.43. The number of hydrogen-bond donors (Lipinski definition) is 1. The maximum absolute atomic E-state index is 6.39. The fourth-order valence-corrected chi connectivity index (χ4v) is 3.26. The molecule has 0 fully saturated rings. The normalized spacial score (nSPS) is 12.9. The van der Waals surface area contributed by atoms with Crippen molar-refractivity contribution in [3.8, 4) is 0 Å². The van der Waals surface area contributed by atoms with E-state index >= 15 is 0 Å². The Balaban J connectivity index is 2.37. The van der Waals surface area contributed by atoms with Crippen molar-refractivity contribution in [2.75, 3.05) is 6.54 Å². The Morgan fingerprint density at radius 2 is 2.33 bits per heavy atom. The first kappa shape index (κ1) is 13.6. The Morgan fingerprint density at radius 3 is 2.83 bits per heavy atom. The molecule has 1 atom stereocenters. The fraction of sp³-hybridized carbons (Fsp3) is 0.462. The van der Waals surface area contributed by atoms with Crippen molar-refractivity contribution in [3.63, 3.8) is 0 Å². The number of aromatic nitrogens is 2.